The summed E-state index contributed by atoms with van der Waals surface area (Å²) in [5.74, 6) is -0.0303. The van der Waals surface area contributed by atoms with Gasteiger partial charge in [-0.25, -0.2) is 19.2 Å². The number of rotatable bonds is 4. The maximum absolute atomic E-state index is 13.2. The summed E-state index contributed by atoms with van der Waals surface area (Å²) >= 11 is 0. The second kappa shape index (κ2) is 7.90. The lowest BCUT2D eigenvalue weighted by molar-refractivity contribution is 0.180. The van der Waals surface area contributed by atoms with Crippen molar-refractivity contribution in [2.24, 2.45) is 0 Å². The van der Waals surface area contributed by atoms with Crippen molar-refractivity contribution in [1.82, 2.24) is 19.7 Å². The second-order valence-corrected chi connectivity index (χ2v) is 6.85. The molecule has 0 fully saturated rings. The molecule has 0 radical (unpaired) electrons. The van der Waals surface area contributed by atoms with Crippen LogP contribution in [0, 0.1) is 5.82 Å². The number of carbonyl (C=O) groups is 1. The van der Waals surface area contributed by atoms with Gasteiger partial charge in [0.05, 0.1) is 19.2 Å². The molecule has 0 atom stereocenters. The highest BCUT2D eigenvalue weighted by Gasteiger charge is 2.22. The van der Waals surface area contributed by atoms with Crippen LogP contribution in [0.2, 0.25) is 0 Å². The maximum atomic E-state index is 13.2. The van der Waals surface area contributed by atoms with Crippen LogP contribution in [0.4, 0.5) is 26.5 Å². The molecule has 31 heavy (non-hydrogen) atoms. The number of carbonyl (C=O) groups excluding carboxylic acids is 1. The summed E-state index contributed by atoms with van der Waals surface area (Å²) in [5, 5.41) is 5.47. The van der Waals surface area contributed by atoms with E-state index in [-0.39, 0.29) is 29.0 Å². The number of amides is 1. The molecule has 0 spiro atoms. The fourth-order valence-electron chi connectivity index (χ4n) is 3.34. The summed E-state index contributed by atoms with van der Waals surface area (Å²) in [5.41, 5.74) is 14.6. The fraction of sp³-hybridized carbons (Fsp3) is 0.143. The monoisotopic (exact) mass is 421 g/mol. The van der Waals surface area contributed by atoms with Gasteiger partial charge in [0.15, 0.2) is 17.5 Å². The summed E-state index contributed by atoms with van der Waals surface area (Å²) in [6.07, 6.45) is -0.649. The Hall–Kier alpha value is -4.21. The van der Waals surface area contributed by atoms with Gasteiger partial charge in [-0.05, 0) is 23.8 Å². The van der Waals surface area contributed by atoms with Gasteiger partial charge in [0.1, 0.15) is 17.2 Å². The topological polar surface area (TPSA) is 125 Å². The third-order valence-corrected chi connectivity index (χ3v) is 4.84. The molecule has 0 aliphatic heterocycles. The lowest BCUT2D eigenvalue weighted by atomic mass is 10.2. The van der Waals surface area contributed by atoms with E-state index in [0.717, 1.165) is 21.4 Å². The van der Waals surface area contributed by atoms with Crippen LogP contribution >= 0.6 is 0 Å². The molecule has 0 aliphatic rings. The first-order chi connectivity index (χ1) is 14.9. The van der Waals surface area contributed by atoms with E-state index in [9.17, 15) is 9.18 Å². The molecule has 2 heterocycles. The van der Waals surface area contributed by atoms with Gasteiger partial charge in [0, 0.05) is 12.4 Å². The number of anilines is 3. The number of para-hydroxylation sites is 1. The van der Waals surface area contributed by atoms with Crippen LogP contribution in [0.5, 0.6) is 0 Å². The highest BCUT2D eigenvalue weighted by Crippen LogP contribution is 2.32. The number of halogens is 1. The first kappa shape index (κ1) is 20.1. The number of fused-ring (bicyclic) bond motifs is 1. The van der Waals surface area contributed by atoms with Crippen LogP contribution in [0.15, 0.2) is 48.5 Å². The van der Waals surface area contributed by atoms with E-state index in [1.54, 1.807) is 16.8 Å². The minimum absolute atomic E-state index is 0.0209. The van der Waals surface area contributed by atoms with Crippen LogP contribution in [-0.4, -0.2) is 40.0 Å². The Balaban J connectivity index is 1.80. The molecule has 2 aromatic carbocycles. The number of hydrogen-bond donors (Lipinski definition) is 2. The zero-order valence-electron chi connectivity index (χ0n) is 16.9. The number of aromatic nitrogens is 4. The molecule has 4 rings (SSSR count). The Labute approximate surface area is 177 Å². The Bertz CT molecular complexity index is 1250. The van der Waals surface area contributed by atoms with Crippen LogP contribution in [0.1, 0.15) is 5.56 Å². The summed E-state index contributed by atoms with van der Waals surface area (Å²) in [6.45, 7) is 0.426. The first-order valence-electron chi connectivity index (χ1n) is 9.34. The third kappa shape index (κ3) is 3.70. The maximum Gasteiger partial charge on any atom is 0.413 e. The molecule has 9 nitrogen and oxygen atoms in total. The van der Waals surface area contributed by atoms with Gasteiger partial charge in [-0.1, -0.05) is 30.3 Å². The number of ether oxygens (including phenoxy) is 1. The molecule has 0 unspecified atom stereocenters. The average Bonchev–Trinajstić information content (AvgIpc) is 3.12. The third-order valence-electron chi connectivity index (χ3n) is 4.84. The minimum Gasteiger partial charge on any atom is -0.452 e. The number of nitrogens with two attached hydrogens (primary N) is 2. The molecule has 4 aromatic rings. The van der Waals surface area contributed by atoms with Gasteiger partial charge in [-0.2, -0.15) is 5.10 Å². The van der Waals surface area contributed by atoms with Gasteiger partial charge in [0.25, 0.3) is 0 Å². The van der Waals surface area contributed by atoms with Crippen LogP contribution in [-0.2, 0) is 11.3 Å². The minimum atomic E-state index is -0.649. The molecule has 2 aromatic heterocycles. The predicted octanol–water partition coefficient (Wildman–Crippen LogP) is 3.05. The second-order valence-electron chi connectivity index (χ2n) is 6.85. The van der Waals surface area contributed by atoms with Crippen molar-refractivity contribution in [2.45, 2.75) is 6.54 Å². The molecular formula is C21H20FN7O2. The molecule has 10 heteroatoms. The lowest BCUT2D eigenvalue weighted by Gasteiger charge is -2.18. The molecule has 4 N–H and O–H groups in total. The molecule has 1 amide bonds. The fourth-order valence-corrected chi connectivity index (χ4v) is 3.34. The van der Waals surface area contributed by atoms with E-state index in [1.807, 2.05) is 24.3 Å². The van der Waals surface area contributed by atoms with Crippen molar-refractivity contribution >= 4 is 34.3 Å². The van der Waals surface area contributed by atoms with E-state index >= 15 is 0 Å². The number of nitrogen functional groups attached to an aromatic ring is 2. The van der Waals surface area contributed by atoms with Crippen molar-refractivity contribution < 1.29 is 13.9 Å². The van der Waals surface area contributed by atoms with E-state index in [0.29, 0.717) is 12.2 Å². The smallest absolute Gasteiger partial charge is 0.413 e. The molecule has 0 aliphatic carbocycles. The van der Waals surface area contributed by atoms with Gasteiger partial charge in [-0.3, -0.25) is 9.58 Å². The van der Waals surface area contributed by atoms with Crippen LogP contribution < -0.4 is 16.4 Å². The summed E-state index contributed by atoms with van der Waals surface area (Å²) < 4.78 is 19.7. The van der Waals surface area contributed by atoms with Crippen molar-refractivity contribution in [3.05, 3.63) is 59.9 Å². The van der Waals surface area contributed by atoms with Crippen LogP contribution in [0.3, 0.4) is 0 Å². The van der Waals surface area contributed by atoms with Crippen molar-refractivity contribution in [1.29, 1.82) is 0 Å². The van der Waals surface area contributed by atoms with E-state index in [1.165, 1.54) is 26.3 Å². The van der Waals surface area contributed by atoms with Crippen LogP contribution in [0.25, 0.3) is 22.4 Å². The highest BCUT2D eigenvalue weighted by molar-refractivity contribution is 5.96. The first-order valence-corrected chi connectivity index (χ1v) is 9.34. The zero-order valence-corrected chi connectivity index (χ0v) is 16.9. The molecule has 158 valence electrons. The Kier molecular flexibility index (Phi) is 5.12. The zero-order chi connectivity index (χ0) is 22.1. The molecule has 0 saturated heterocycles. The van der Waals surface area contributed by atoms with E-state index < -0.39 is 6.09 Å². The Morgan fingerprint density at radius 3 is 2.39 bits per heavy atom. The number of benzene rings is 2. The van der Waals surface area contributed by atoms with E-state index in [4.69, 9.17) is 16.2 Å². The standard InChI is InChI=1S/C21H20FN7O2/c1-28(21(30)31-2)17-18(23)25-20(26-19(17)24)16-14-5-3-4-6-15(14)29(27-16)11-12-7-9-13(22)10-8-12/h3-10H,11H2,1-2H3,(H4,23,24,25,26). The largest absolute Gasteiger partial charge is 0.452 e. The SMILES string of the molecule is COC(=O)N(C)c1c(N)nc(-c2nn(Cc3ccc(F)cc3)c3ccccc23)nc1N. The molecule has 0 saturated carbocycles. The van der Waals surface area contributed by atoms with E-state index in [2.05, 4.69) is 15.1 Å². The summed E-state index contributed by atoms with van der Waals surface area (Å²) in [7, 11) is 2.71. The van der Waals surface area contributed by atoms with Crippen molar-refractivity contribution in [3.63, 3.8) is 0 Å². The molecule has 0 bridgehead atoms. The lowest BCUT2D eigenvalue weighted by Crippen LogP contribution is -2.28. The Morgan fingerprint density at radius 2 is 1.74 bits per heavy atom. The van der Waals surface area contributed by atoms with Gasteiger partial charge in [0.2, 0.25) is 0 Å². The predicted molar refractivity (Wildman–Crippen MR) is 116 cm³/mol. The van der Waals surface area contributed by atoms with Gasteiger partial charge in [-0.15, -0.1) is 0 Å². The van der Waals surface area contributed by atoms with Crippen molar-refractivity contribution in [3.8, 4) is 11.5 Å². The summed E-state index contributed by atoms with van der Waals surface area (Å²) in [6, 6.07) is 13.8. The van der Waals surface area contributed by atoms with Crippen molar-refractivity contribution in [2.75, 3.05) is 30.5 Å². The number of methoxy groups -OCH3 is 1. The number of nitrogens with zero attached hydrogens (tertiary/aromatic N) is 5. The average molecular weight is 421 g/mol. The molecular weight excluding hydrogens is 401 g/mol. The van der Waals surface area contributed by atoms with Gasteiger partial charge >= 0.3 is 6.09 Å². The highest BCUT2D eigenvalue weighted by atomic mass is 19.1. The Morgan fingerprint density at radius 1 is 1.10 bits per heavy atom. The summed E-state index contributed by atoms with van der Waals surface area (Å²) in [4.78, 5) is 21.7. The normalized spacial score (nSPS) is 10.9. The van der Waals surface area contributed by atoms with Gasteiger partial charge < -0.3 is 16.2 Å². The number of hydrogen-bond acceptors (Lipinski definition) is 7. The quantitative estimate of drug-likeness (QED) is 0.519.